The first-order valence-corrected chi connectivity index (χ1v) is 29.3. The summed E-state index contributed by atoms with van der Waals surface area (Å²) in [5, 5.41) is 0. The Morgan fingerprint density at radius 3 is 1.22 bits per heavy atom. The highest BCUT2D eigenvalue weighted by molar-refractivity contribution is 7.00. The van der Waals surface area contributed by atoms with Crippen LogP contribution in [0.4, 0.5) is 45.5 Å². The van der Waals surface area contributed by atoms with Crippen molar-refractivity contribution in [2.24, 2.45) is 0 Å². The summed E-state index contributed by atoms with van der Waals surface area (Å²) >= 11 is 0. The van der Waals surface area contributed by atoms with E-state index in [0.29, 0.717) is 0 Å². The highest BCUT2D eigenvalue weighted by Gasteiger charge is 2.57. The second kappa shape index (κ2) is 18.4. The maximum atomic E-state index is 2.84. The van der Waals surface area contributed by atoms with Crippen LogP contribution in [-0.2, 0) is 27.1 Å². The zero-order chi connectivity index (χ0) is 54.9. The monoisotopic (exact) mass is 1020 g/mol. The first-order chi connectivity index (χ1) is 37.0. The van der Waals surface area contributed by atoms with E-state index in [1.807, 2.05) is 0 Å². The zero-order valence-corrected chi connectivity index (χ0v) is 49.3. The van der Waals surface area contributed by atoms with E-state index in [1.165, 1.54) is 144 Å². The standard InChI is InChI=1S/C74H82BN3/c1-69(2,3)51-33-37-61(56(43-51)49-27-19-17-20-28-49)76-64-39-35-53(71(7,8)9)45-59(64)75-60-46-54(72(10,11)12)36-40-65(60)77(62-38-34-52(70(4,5)6)44-57(62)50-29-21-18-22-30-50)67-48-55(47-66(76)68(67)75)78-63-32-24-23-31-58(63)73(13)41-25-15-16-26-42-74(73,78)14/h17-24,27-40,43-48H,15-16,25-26,41-42H2,1-14H3. The molecule has 396 valence electrons. The van der Waals surface area contributed by atoms with E-state index in [1.54, 1.807) is 0 Å². The predicted molar refractivity (Wildman–Crippen MR) is 338 cm³/mol. The third-order valence-corrected chi connectivity index (χ3v) is 18.9. The molecule has 2 atom stereocenters. The number of hydrogen-bond donors (Lipinski definition) is 0. The molecule has 1 aliphatic carbocycles. The van der Waals surface area contributed by atoms with Crippen LogP contribution in [0.1, 0.15) is 163 Å². The Balaban J connectivity index is 1.27. The molecule has 78 heavy (non-hydrogen) atoms. The normalized spacial score (nSPS) is 19.1. The molecule has 4 aliphatic rings. The van der Waals surface area contributed by atoms with Gasteiger partial charge in [0.15, 0.2) is 0 Å². The van der Waals surface area contributed by atoms with Gasteiger partial charge in [0.25, 0.3) is 6.71 Å². The molecule has 4 heteroatoms. The summed E-state index contributed by atoms with van der Waals surface area (Å²) in [5.74, 6) is 0. The lowest BCUT2D eigenvalue weighted by Crippen LogP contribution is -2.62. The van der Waals surface area contributed by atoms with Gasteiger partial charge in [0.1, 0.15) is 0 Å². The van der Waals surface area contributed by atoms with Gasteiger partial charge in [0.05, 0.1) is 16.9 Å². The van der Waals surface area contributed by atoms with Crippen LogP contribution in [0, 0.1) is 0 Å². The van der Waals surface area contributed by atoms with Crippen molar-refractivity contribution in [3.63, 3.8) is 0 Å². The highest BCUT2D eigenvalue weighted by Crippen LogP contribution is 2.61. The van der Waals surface area contributed by atoms with Crippen LogP contribution < -0.4 is 31.1 Å². The average Bonchev–Trinajstić information content (AvgIpc) is 2.92. The maximum Gasteiger partial charge on any atom is 0.252 e. The fourth-order valence-corrected chi connectivity index (χ4v) is 14.1. The first-order valence-electron chi connectivity index (χ1n) is 29.3. The summed E-state index contributed by atoms with van der Waals surface area (Å²) in [4.78, 5) is 8.25. The Morgan fingerprint density at radius 2 is 0.769 bits per heavy atom. The summed E-state index contributed by atoms with van der Waals surface area (Å²) in [6, 6.07) is 66.8. The quantitative estimate of drug-likeness (QED) is 0.159. The van der Waals surface area contributed by atoms with Gasteiger partial charge in [0.2, 0.25) is 0 Å². The van der Waals surface area contributed by atoms with E-state index in [4.69, 9.17) is 0 Å². The van der Waals surface area contributed by atoms with Crippen LogP contribution in [0.25, 0.3) is 22.3 Å². The molecular formula is C74H82BN3. The Labute approximate surface area is 468 Å². The molecule has 0 aromatic heterocycles. The third-order valence-electron chi connectivity index (χ3n) is 18.9. The minimum Gasteiger partial charge on any atom is -0.334 e. The first kappa shape index (κ1) is 52.0. The lowest BCUT2D eigenvalue weighted by atomic mass is 9.33. The van der Waals surface area contributed by atoms with Gasteiger partial charge in [-0.3, -0.25) is 0 Å². The molecule has 3 aliphatic heterocycles. The lowest BCUT2D eigenvalue weighted by molar-refractivity contribution is 0.218. The van der Waals surface area contributed by atoms with Crippen molar-refractivity contribution in [2.45, 2.75) is 168 Å². The molecule has 0 saturated heterocycles. The number of anilines is 8. The summed E-state index contributed by atoms with van der Waals surface area (Å²) in [6.45, 7) is 33.5. The maximum absolute atomic E-state index is 2.84. The molecule has 0 amide bonds. The van der Waals surface area contributed by atoms with Gasteiger partial charge in [0, 0.05) is 50.7 Å². The molecule has 0 bridgehead atoms. The van der Waals surface area contributed by atoms with Gasteiger partial charge in [-0.1, -0.05) is 231 Å². The van der Waals surface area contributed by atoms with Gasteiger partial charge in [-0.2, -0.15) is 0 Å². The van der Waals surface area contributed by atoms with Gasteiger partial charge in [-0.25, -0.2) is 0 Å². The molecule has 12 rings (SSSR count). The summed E-state index contributed by atoms with van der Waals surface area (Å²) in [7, 11) is 0. The largest absolute Gasteiger partial charge is 0.334 e. The predicted octanol–water partition coefficient (Wildman–Crippen LogP) is 18.8. The van der Waals surface area contributed by atoms with Crippen LogP contribution in [0.15, 0.2) is 170 Å². The number of para-hydroxylation sites is 1. The van der Waals surface area contributed by atoms with Gasteiger partial charge in [-0.05, 0) is 151 Å². The minimum absolute atomic E-state index is 0.0441. The van der Waals surface area contributed by atoms with Crippen molar-refractivity contribution in [1.82, 2.24) is 0 Å². The second-order valence-electron chi connectivity index (χ2n) is 28.1. The topological polar surface area (TPSA) is 9.72 Å². The van der Waals surface area contributed by atoms with Crippen LogP contribution in [-0.4, -0.2) is 12.3 Å². The van der Waals surface area contributed by atoms with E-state index in [9.17, 15) is 0 Å². The van der Waals surface area contributed by atoms with Gasteiger partial charge >= 0.3 is 0 Å². The Morgan fingerprint density at radius 1 is 0.372 bits per heavy atom. The van der Waals surface area contributed by atoms with E-state index in [-0.39, 0.29) is 39.3 Å². The molecule has 0 spiro atoms. The average molecular weight is 1020 g/mol. The van der Waals surface area contributed by atoms with Crippen molar-refractivity contribution in [3.05, 3.63) is 198 Å². The number of rotatable bonds is 5. The molecule has 1 saturated carbocycles. The molecule has 0 N–H and O–H groups in total. The molecule has 2 unspecified atom stereocenters. The zero-order valence-electron chi connectivity index (χ0n) is 49.3. The summed E-state index contributed by atoms with van der Waals surface area (Å²) < 4.78 is 0. The number of nitrogens with zero attached hydrogens (tertiary/aromatic N) is 3. The van der Waals surface area contributed by atoms with Crippen molar-refractivity contribution in [3.8, 4) is 22.3 Å². The fraction of sp³-hybridized carbons (Fsp3) is 0.351. The van der Waals surface area contributed by atoms with E-state index >= 15 is 0 Å². The van der Waals surface area contributed by atoms with E-state index in [2.05, 4.69) is 281 Å². The van der Waals surface area contributed by atoms with Crippen LogP contribution >= 0.6 is 0 Å². The fourth-order valence-electron chi connectivity index (χ4n) is 14.1. The summed E-state index contributed by atoms with van der Waals surface area (Å²) in [5.41, 5.74) is 25.3. The highest BCUT2D eigenvalue weighted by atomic mass is 15.3. The SMILES string of the molecule is CC(C)(C)c1ccc2c(c1)B1c3cc(C(C)(C)C)ccc3N(c3ccc(C(C)(C)C)cc3-c3ccccc3)c3cc(N4c5ccccc5C5(C)CCCCCCC45C)cc(c31)N2c1ccc(C(C)(C)C)cc1-c1ccccc1. The van der Waals surface area contributed by atoms with Crippen LogP contribution in [0.2, 0.25) is 0 Å². The molecule has 8 aromatic rings. The van der Waals surface area contributed by atoms with E-state index in [0.717, 1.165) is 6.42 Å². The second-order valence-corrected chi connectivity index (χ2v) is 28.1. The molecule has 8 aromatic carbocycles. The lowest BCUT2D eigenvalue weighted by Gasteiger charge is -2.50. The Hall–Kier alpha value is -6.78. The minimum atomic E-state index is -0.178. The van der Waals surface area contributed by atoms with Gasteiger partial charge < -0.3 is 14.7 Å². The Kier molecular flexibility index (Phi) is 12.3. The van der Waals surface area contributed by atoms with Crippen molar-refractivity contribution >= 4 is 68.6 Å². The smallest absolute Gasteiger partial charge is 0.252 e. The van der Waals surface area contributed by atoms with Crippen molar-refractivity contribution in [1.29, 1.82) is 0 Å². The molecule has 1 fully saturated rings. The van der Waals surface area contributed by atoms with Crippen LogP contribution in [0.3, 0.4) is 0 Å². The molecular weight excluding hydrogens is 942 g/mol. The molecule has 3 nitrogen and oxygen atoms in total. The van der Waals surface area contributed by atoms with Crippen molar-refractivity contribution in [2.75, 3.05) is 14.7 Å². The Bertz CT molecular complexity index is 3430. The molecule has 0 radical (unpaired) electrons. The summed E-state index contributed by atoms with van der Waals surface area (Å²) in [6.07, 6.45) is 7.31. The van der Waals surface area contributed by atoms with Crippen molar-refractivity contribution < 1.29 is 0 Å². The van der Waals surface area contributed by atoms with Gasteiger partial charge in [-0.15, -0.1) is 0 Å². The molecule has 3 heterocycles. The number of benzene rings is 8. The number of hydrogen-bond acceptors (Lipinski definition) is 3. The van der Waals surface area contributed by atoms with E-state index < -0.39 is 0 Å². The third kappa shape index (κ3) is 8.37. The number of fused-ring (bicyclic) bond motifs is 7. The van der Waals surface area contributed by atoms with Crippen LogP contribution in [0.5, 0.6) is 0 Å².